The molecule has 1 amide bonds. The van der Waals surface area contributed by atoms with Crippen molar-refractivity contribution in [2.75, 3.05) is 13.1 Å². The Bertz CT molecular complexity index is 568. The van der Waals surface area contributed by atoms with Crippen LogP contribution in [0.3, 0.4) is 0 Å². The van der Waals surface area contributed by atoms with Crippen LogP contribution in [-0.4, -0.2) is 33.6 Å². The maximum Gasteiger partial charge on any atom is 0.405 e. The number of amides is 1. The topological polar surface area (TPSA) is 75.3 Å². The summed E-state index contributed by atoms with van der Waals surface area (Å²) in [6, 6.07) is 4.60. The molecule has 1 rings (SSSR count). The minimum Gasteiger partial charge on any atom is -0.343 e. The van der Waals surface area contributed by atoms with Gasteiger partial charge >= 0.3 is 6.18 Å². The largest absolute Gasteiger partial charge is 0.405 e. The van der Waals surface area contributed by atoms with E-state index in [1.807, 2.05) is 0 Å². The van der Waals surface area contributed by atoms with Gasteiger partial charge < -0.3 is 5.32 Å². The van der Waals surface area contributed by atoms with E-state index in [4.69, 9.17) is 0 Å². The quantitative estimate of drug-likeness (QED) is 0.860. The fourth-order valence-electron chi connectivity index (χ4n) is 1.34. The van der Waals surface area contributed by atoms with E-state index in [0.717, 1.165) is 24.3 Å². The summed E-state index contributed by atoms with van der Waals surface area (Å²) in [6.45, 7) is 0.371. The number of sulfonamides is 1. The molecule has 0 fully saturated rings. The van der Waals surface area contributed by atoms with Crippen LogP contribution in [0.2, 0.25) is 0 Å². The zero-order chi connectivity index (χ0) is 15.4. The van der Waals surface area contributed by atoms with Crippen LogP contribution in [0.5, 0.6) is 0 Å². The van der Waals surface area contributed by atoms with Crippen LogP contribution in [0.1, 0.15) is 17.3 Å². The Balaban J connectivity index is 2.79. The second-order valence-corrected chi connectivity index (χ2v) is 5.59. The molecule has 0 spiro atoms. The number of halogens is 3. The maximum atomic E-state index is 11.9. The predicted molar refractivity (Wildman–Crippen MR) is 65.7 cm³/mol. The average Bonchev–Trinajstić information content (AvgIpc) is 2.35. The lowest BCUT2D eigenvalue weighted by molar-refractivity contribution is -0.123. The van der Waals surface area contributed by atoms with Gasteiger partial charge in [0.15, 0.2) is 0 Å². The molecule has 9 heteroatoms. The molecule has 0 heterocycles. The summed E-state index contributed by atoms with van der Waals surface area (Å²) < 4.78 is 61.3. The highest BCUT2D eigenvalue weighted by atomic mass is 32.2. The third kappa shape index (κ3) is 4.82. The molecule has 0 atom stereocenters. The summed E-state index contributed by atoms with van der Waals surface area (Å²) in [5.41, 5.74) is -0.0512. The number of hydrogen-bond acceptors (Lipinski definition) is 3. The summed E-state index contributed by atoms with van der Waals surface area (Å²) in [5.74, 6) is -0.922. The minimum atomic E-state index is -4.50. The van der Waals surface area contributed by atoms with Crippen LogP contribution in [-0.2, 0) is 10.0 Å². The van der Waals surface area contributed by atoms with Crippen molar-refractivity contribution in [1.82, 2.24) is 10.0 Å². The number of carbonyl (C=O) groups is 1. The van der Waals surface area contributed by atoms with E-state index >= 15 is 0 Å². The van der Waals surface area contributed by atoms with Gasteiger partial charge in [0, 0.05) is 12.1 Å². The standard InChI is InChI=1S/C11H13F3N2O3S/c1-2-16-20(18,19)9-5-3-8(4-6-9)10(17)15-7-11(12,13)14/h3-6,16H,2,7H2,1H3,(H,15,17). The van der Waals surface area contributed by atoms with Crippen LogP contribution < -0.4 is 10.0 Å². The highest BCUT2D eigenvalue weighted by molar-refractivity contribution is 7.89. The molecule has 0 unspecified atom stereocenters. The fourth-order valence-corrected chi connectivity index (χ4v) is 2.38. The van der Waals surface area contributed by atoms with Crippen molar-refractivity contribution in [2.45, 2.75) is 18.0 Å². The Hall–Kier alpha value is -1.61. The second kappa shape index (κ2) is 6.23. The van der Waals surface area contributed by atoms with Crippen molar-refractivity contribution >= 4 is 15.9 Å². The molecule has 5 nitrogen and oxygen atoms in total. The molecule has 0 saturated heterocycles. The van der Waals surface area contributed by atoms with Gasteiger partial charge in [-0.05, 0) is 24.3 Å². The Morgan fingerprint density at radius 2 is 1.75 bits per heavy atom. The molecular weight excluding hydrogens is 297 g/mol. The average molecular weight is 310 g/mol. The molecule has 0 aliphatic rings. The van der Waals surface area contributed by atoms with Gasteiger partial charge in [-0.15, -0.1) is 0 Å². The van der Waals surface area contributed by atoms with Gasteiger partial charge in [-0.25, -0.2) is 13.1 Å². The molecule has 20 heavy (non-hydrogen) atoms. The zero-order valence-electron chi connectivity index (χ0n) is 10.5. The van der Waals surface area contributed by atoms with E-state index in [9.17, 15) is 26.4 Å². The summed E-state index contributed by atoms with van der Waals surface area (Å²) in [4.78, 5) is 11.3. The van der Waals surface area contributed by atoms with Gasteiger partial charge in [-0.1, -0.05) is 6.92 Å². The molecule has 0 aliphatic heterocycles. The number of rotatable bonds is 5. The third-order valence-corrected chi connectivity index (χ3v) is 3.77. The van der Waals surface area contributed by atoms with E-state index in [1.165, 1.54) is 0 Å². The molecule has 112 valence electrons. The zero-order valence-corrected chi connectivity index (χ0v) is 11.3. The Morgan fingerprint density at radius 1 is 1.20 bits per heavy atom. The van der Waals surface area contributed by atoms with Gasteiger partial charge in [0.2, 0.25) is 10.0 Å². The van der Waals surface area contributed by atoms with Crippen molar-refractivity contribution in [1.29, 1.82) is 0 Å². The van der Waals surface area contributed by atoms with E-state index < -0.39 is 28.7 Å². The van der Waals surface area contributed by atoms with Gasteiger partial charge in [0.1, 0.15) is 6.54 Å². The lowest BCUT2D eigenvalue weighted by Crippen LogP contribution is -2.33. The summed E-state index contributed by atoms with van der Waals surface area (Å²) in [6.07, 6.45) is -4.50. The number of alkyl halides is 3. The van der Waals surface area contributed by atoms with Crippen LogP contribution in [0.15, 0.2) is 29.2 Å². The van der Waals surface area contributed by atoms with Gasteiger partial charge in [-0.2, -0.15) is 13.2 Å². The number of carbonyl (C=O) groups excluding carboxylic acids is 1. The lowest BCUT2D eigenvalue weighted by Gasteiger charge is -2.09. The molecule has 1 aromatic rings. The predicted octanol–water partition coefficient (Wildman–Crippen LogP) is 1.28. The van der Waals surface area contributed by atoms with Crippen LogP contribution in [0, 0.1) is 0 Å². The normalized spacial score (nSPS) is 12.2. The minimum absolute atomic E-state index is 0.0512. The highest BCUT2D eigenvalue weighted by Gasteiger charge is 2.27. The van der Waals surface area contributed by atoms with Crippen molar-refractivity contribution in [2.24, 2.45) is 0 Å². The summed E-state index contributed by atoms with van der Waals surface area (Å²) in [7, 11) is -3.65. The fraction of sp³-hybridized carbons (Fsp3) is 0.364. The van der Waals surface area contributed by atoms with Crippen molar-refractivity contribution in [3.05, 3.63) is 29.8 Å². The van der Waals surface area contributed by atoms with Crippen molar-refractivity contribution in [3.8, 4) is 0 Å². The summed E-state index contributed by atoms with van der Waals surface area (Å²) >= 11 is 0. The first kappa shape index (κ1) is 16.4. The molecule has 2 N–H and O–H groups in total. The van der Waals surface area contributed by atoms with Crippen molar-refractivity contribution in [3.63, 3.8) is 0 Å². The third-order valence-electron chi connectivity index (χ3n) is 2.21. The maximum absolute atomic E-state index is 11.9. The molecule has 0 aromatic heterocycles. The molecule has 0 saturated carbocycles. The van der Waals surface area contributed by atoms with E-state index in [1.54, 1.807) is 12.2 Å². The van der Waals surface area contributed by atoms with Crippen LogP contribution in [0.25, 0.3) is 0 Å². The van der Waals surface area contributed by atoms with E-state index in [2.05, 4.69) is 4.72 Å². The molecule has 0 radical (unpaired) electrons. The Labute approximate surface area is 114 Å². The molecular formula is C11H13F3N2O3S. The first-order chi connectivity index (χ1) is 9.15. The van der Waals surface area contributed by atoms with Crippen LogP contribution >= 0.6 is 0 Å². The Kier molecular flexibility index (Phi) is 5.12. The number of nitrogens with one attached hydrogen (secondary N) is 2. The lowest BCUT2D eigenvalue weighted by atomic mass is 10.2. The van der Waals surface area contributed by atoms with Gasteiger partial charge in [-0.3, -0.25) is 4.79 Å². The van der Waals surface area contributed by atoms with Crippen molar-refractivity contribution < 1.29 is 26.4 Å². The number of benzene rings is 1. The first-order valence-electron chi connectivity index (χ1n) is 5.60. The SMILES string of the molecule is CCNS(=O)(=O)c1ccc(C(=O)NCC(F)(F)F)cc1. The van der Waals surface area contributed by atoms with E-state index in [0.29, 0.717) is 0 Å². The molecule has 1 aromatic carbocycles. The van der Waals surface area contributed by atoms with Crippen LogP contribution in [0.4, 0.5) is 13.2 Å². The van der Waals surface area contributed by atoms with E-state index in [-0.39, 0.29) is 17.0 Å². The molecule has 0 aliphatic carbocycles. The smallest absolute Gasteiger partial charge is 0.343 e. The van der Waals surface area contributed by atoms with Gasteiger partial charge in [0.25, 0.3) is 5.91 Å². The highest BCUT2D eigenvalue weighted by Crippen LogP contribution is 2.14. The Morgan fingerprint density at radius 3 is 2.20 bits per heavy atom. The van der Waals surface area contributed by atoms with Gasteiger partial charge in [0.05, 0.1) is 4.90 Å². The number of hydrogen-bond donors (Lipinski definition) is 2. The molecule has 0 bridgehead atoms. The summed E-state index contributed by atoms with van der Waals surface area (Å²) in [5, 5.41) is 1.69. The first-order valence-corrected chi connectivity index (χ1v) is 7.08. The monoisotopic (exact) mass is 310 g/mol. The second-order valence-electron chi connectivity index (χ2n) is 3.82.